The third-order valence-electron chi connectivity index (χ3n) is 2.60. The van der Waals surface area contributed by atoms with Gasteiger partial charge in [0.1, 0.15) is 0 Å². The van der Waals surface area contributed by atoms with Gasteiger partial charge in [-0.05, 0) is 0 Å². The highest BCUT2D eigenvalue weighted by molar-refractivity contribution is 4.87. The van der Waals surface area contributed by atoms with Crippen molar-refractivity contribution >= 4 is 0 Å². The van der Waals surface area contributed by atoms with Gasteiger partial charge >= 0.3 is 0 Å². The van der Waals surface area contributed by atoms with E-state index in [1.807, 2.05) is 0 Å². The number of aliphatic hydroxyl groups is 1. The Morgan fingerprint density at radius 3 is 2.20 bits per heavy atom. The smallest absolute Gasteiger partial charge is 0.0599 e. The Bertz CT molecular complexity index is 121. The Labute approximate surface area is 61.2 Å². The van der Waals surface area contributed by atoms with E-state index >= 15 is 0 Å². The van der Waals surface area contributed by atoms with Gasteiger partial charge in [0.15, 0.2) is 0 Å². The number of aliphatic hydroxyl groups excluding tert-OH is 1. The van der Waals surface area contributed by atoms with Crippen molar-refractivity contribution in [3.8, 4) is 0 Å². The van der Waals surface area contributed by atoms with Crippen LogP contribution in [0.15, 0.2) is 0 Å². The van der Waals surface area contributed by atoms with Gasteiger partial charge in [-0.2, -0.15) is 0 Å². The van der Waals surface area contributed by atoms with Crippen LogP contribution < -0.4 is 0 Å². The van der Waals surface area contributed by atoms with Crippen molar-refractivity contribution in [2.45, 2.75) is 6.04 Å². The third kappa shape index (κ3) is 0.944. The molecule has 1 unspecified atom stereocenters. The molecule has 1 N–H and O–H groups in total. The zero-order valence-corrected chi connectivity index (χ0v) is 6.16. The molecule has 0 saturated carbocycles. The second-order valence-corrected chi connectivity index (χ2v) is 3.17. The van der Waals surface area contributed by atoms with Crippen LogP contribution in [-0.4, -0.2) is 60.3 Å². The molecule has 0 spiro atoms. The van der Waals surface area contributed by atoms with Crippen LogP contribution in [0.3, 0.4) is 0 Å². The molecule has 3 nitrogen and oxygen atoms in total. The van der Waals surface area contributed by atoms with Gasteiger partial charge in [0.2, 0.25) is 0 Å². The first kappa shape index (κ1) is 6.58. The number of hydrogen-bond acceptors (Lipinski definition) is 3. The number of fused-ring (bicyclic) bond motifs is 3. The Balaban J connectivity index is 2.01. The van der Waals surface area contributed by atoms with Crippen LogP contribution >= 0.6 is 0 Å². The number of nitrogens with zero attached hydrogens (tertiary/aromatic N) is 2. The summed E-state index contributed by atoms with van der Waals surface area (Å²) in [7, 11) is 0. The van der Waals surface area contributed by atoms with Crippen molar-refractivity contribution in [1.29, 1.82) is 0 Å². The molecule has 3 aliphatic heterocycles. The van der Waals surface area contributed by atoms with Gasteiger partial charge in [-0.25, -0.2) is 0 Å². The number of rotatable bonds is 1. The minimum atomic E-state index is 0.330. The molecule has 0 radical (unpaired) electrons. The van der Waals surface area contributed by atoms with E-state index in [2.05, 4.69) is 9.80 Å². The Hall–Kier alpha value is -0.120. The van der Waals surface area contributed by atoms with Crippen molar-refractivity contribution in [2.24, 2.45) is 0 Å². The summed E-state index contributed by atoms with van der Waals surface area (Å²) >= 11 is 0. The van der Waals surface area contributed by atoms with Gasteiger partial charge in [0, 0.05) is 38.8 Å². The van der Waals surface area contributed by atoms with E-state index in [1.165, 1.54) is 13.1 Å². The normalized spacial score (nSPS) is 45.9. The first-order chi connectivity index (χ1) is 4.90. The van der Waals surface area contributed by atoms with Crippen LogP contribution in [0.5, 0.6) is 0 Å². The average Bonchev–Trinajstić information content (AvgIpc) is 2.06. The van der Waals surface area contributed by atoms with E-state index in [4.69, 9.17) is 5.11 Å². The summed E-state index contributed by atoms with van der Waals surface area (Å²) in [5, 5.41) is 8.94. The summed E-state index contributed by atoms with van der Waals surface area (Å²) < 4.78 is 0. The zero-order chi connectivity index (χ0) is 6.97. The summed E-state index contributed by atoms with van der Waals surface area (Å²) in [5.41, 5.74) is 0. The van der Waals surface area contributed by atoms with E-state index < -0.39 is 0 Å². The lowest BCUT2D eigenvalue weighted by Gasteiger charge is -2.46. The van der Waals surface area contributed by atoms with E-state index in [-0.39, 0.29) is 0 Å². The number of piperazine rings is 3. The fourth-order valence-electron chi connectivity index (χ4n) is 1.90. The van der Waals surface area contributed by atoms with Crippen LogP contribution in [0.2, 0.25) is 0 Å². The lowest BCUT2D eigenvalue weighted by atomic mass is 10.1. The van der Waals surface area contributed by atoms with Crippen molar-refractivity contribution in [2.75, 3.05) is 39.3 Å². The van der Waals surface area contributed by atoms with Gasteiger partial charge in [0.25, 0.3) is 0 Å². The highest BCUT2D eigenvalue weighted by Gasteiger charge is 2.30. The molecule has 10 heavy (non-hydrogen) atoms. The van der Waals surface area contributed by atoms with E-state index in [0.717, 1.165) is 19.6 Å². The molecule has 58 valence electrons. The predicted octanol–water partition coefficient (Wildman–Crippen LogP) is -1.02. The quantitative estimate of drug-likeness (QED) is 0.507. The molecule has 3 fully saturated rings. The summed E-state index contributed by atoms with van der Waals surface area (Å²) in [6.45, 7) is 6.14. The van der Waals surface area contributed by atoms with E-state index in [9.17, 15) is 0 Å². The molecular weight excluding hydrogens is 128 g/mol. The van der Waals surface area contributed by atoms with Crippen molar-refractivity contribution in [1.82, 2.24) is 9.80 Å². The van der Waals surface area contributed by atoms with Crippen molar-refractivity contribution in [3.05, 3.63) is 0 Å². The van der Waals surface area contributed by atoms with E-state index in [0.29, 0.717) is 12.6 Å². The SMILES string of the molecule is OCC1CN2CCN1CC2. The van der Waals surface area contributed by atoms with Crippen LogP contribution in [-0.2, 0) is 0 Å². The molecule has 0 aliphatic carbocycles. The second kappa shape index (κ2) is 2.49. The predicted molar refractivity (Wildman–Crippen MR) is 38.9 cm³/mol. The molecule has 0 amide bonds. The summed E-state index contributed by atoms with van der Waals surface area (Å²) in [6, 6.07) is 0.433. The van der Waals surface area contributed by atoms with Gasteiger partial charge in [-0.1, -0.05) is 0 Å². The zero-order valence-electron chi connectivity index (χ0n) is 6.16. The Kier molecular flexibility index (Phi) is 1.64. The molecule has 2 bridgehead atoms. The van der Waals surface area contributed by atoms with Crippen LogP contribution in [0, 0.1) is 0 Å². The standard InChI is InChI=1S/C7H14N2O/c10-6-7-5-8-1-3-9(7)4-2-8/h7,10H,1-6H2. The molecule has 1 atom stereocenters. The third-order valence-corrected chi connectivity index (χ3v) is 2.60. The van der Waals surface area contributed by atoms with Gasteiger partial charge in [-0.3, -0.25) is 9.80 Å². The minimum absolute atomic E-state index is 0.330. The fraction of sp³-hybridized carbons (Fsp3) is 1.00. The molecule has 0 aromatic heterocycles. The first-order valence-electron chi connectivity index (χ1n) is 3.97. The molecule has 0 aromatic rings. The topological polar surface area (TPSA) is 26.7 Å². The molecule has 3 saturated heterocycles. The highest BCUT2D eigenvalue weighted by atomic mass is 16.3. The van der Waals surface area contributed by atoms with Crippen LogP contribution in [0.1, 0.15) is 0 Å². The molecule has 0 aromatic carbocycles. The molecule has 3 aliphatic rings. The monoisotopic (exact) mass is 142 g/mol. The van der Waals surface area contributed by atoms with Crippen LogP contribution in [0.4, 0.5) is 0 Å². The largest absolute Gasteiger partial charge is 0.395 e. The van der Waals surface area contributed by atoms with Gasteiger partial charge in [-0.15, -0.1) is 0 Å². The van der Waals surface area contributed by atoms with Gasteiger partial charge in [0.05, 0.1) is 6.61 Å². The van der Waals surface area contributed by atoms with Gasteiger partial charge < -0.3 is 5.11 Å². The fourth-order valence-corrected chi connectivity index (χ4v) is 1.90. The lowest BCUT2D eigenvalue weighted by Crippen LogP contribution is -2.61. The van der Waals surface area contributed by atoms with Crippen LogP contribution in [0.25, 0.3) is 0 Å². The summed E-state index contributed by atoms with van der Waals surface area (Å²) in [4.78, 5) is 4.82. The number of hydrogen-bond donors (Lipinski definition) is 1. The molecular formula is C7H14N2O. The van der Waals surface area contributed by atoms with Crippen molar-refractivity contribution in [3.63, 3.8) is 0 Å². The average molecular weight is 142 g/mol. The second-order valence-electron chi connectivity index (χ2n) is 3.17. The van der Waals surface area contributed by atoms with E-state index in [1.54, 1.807) is 0 Å². The summed E-state index contributed by atoms with van der Waals surface area (Å²) in [6.07, 6.45) is 0. The lowest BCUT2D eigenvalue weighted by molar-refractivity contribution is -0.0104. The maximum absolute atomic E-state index is 8.94. The first-order valence-corrected chi connectivity index (χ1v) is 3.97. The molecule has 3 heteroatoms. The maximum Gasteiger partial charge on any atom is 0.0599 e. The summed E-state index contributed by atoms with van der Waals surface area (Å²) in [5.74, 6) is 0. The molecule has 3 heterocycles. The Morgan fingerprint density at radius 1 is 1.20 bits per heavy atom. The Morgan fingerprint density at radius 2 is 1.90 bits per heavy atom. The minimum Gasteiger partial charge on any atom is -0.395 e. The molecule has 3 rings (SSSR count). The highest BCUT2D eigenvalue weighted by Crippen LogP contribution is 2.14. The van der Waals surface area contributed by atoms with Crippen molar-refractivity contribution < 1.29 is 5.11 Å². The maximum atomic E-state index is 8.94.